The molecular formula is C23H22F2N4O2S2. The number of aromatic nitrogens is 1. The van der Waals surface area contributed by atoms with Gasteiger partial charge < -0.3 is 15.1 Å². The summed E-state index contributed by atoms with van der Waals surface area (Å²) in [5, 5.41) is 4.55. The molecular weight excluding hydrogens is 466 g/mol. The van der Waals surface area contributed by atoms with Gasteiger partial charge in [-0.15, -0.1) is 11.3 Å². The lowest BCUT2D eigenvalue weighted by molar-refractivity contribution is -0.130. The molecule has 0 bridgehead atoms. The second kappa shape index (κ2) is 10.8. The SMILES string of the molecule is O=C(CSc1nc(CC(=O)N2CCN(c3ccc(F)cc3)CC2)cs1)Nc1ccc(F)cc1. The minimum absolute atomic E-state index is 0.0182. The highest BCUT2D eigenvalue weighted by atomic mass is 32.2. The monoisotopic (exact) mass is 488 g/mol. The molecule has 0 spiro atoms. The van der Waals surface area contributed by atoms with Gasteiger partial charge in [0, 0.05) is 42.9 Å². The van der Waals surface area contributed by atoms with E-state index in [-0.39, 0.29) is 35.6 Å². The third-order valence-electron chi connectivity index (χ3n) is 5.14. The van der Waals surface area contributed by atoms with Crippen molar-refractivity contribution in [3.05, 3.63) is 71.2 Å². The second-order valence-electron chi connectivity index (χ2n) is 7.47. The fraction of sp³-hybridized carbons (Fsp3) is 0.261. The Bertz CT molecular complexity index is 1100. The highest BCUT2D eigenvalue weighted by Crippen LogP contribution is 2.24. The molecule has 1 N–H and O–H groups in total. The maximum Gasteiger partial charge on any atom is 0.234 e. The molecule has 1 fully saturated rings. The number of anilines is 2. The van der Waals surface area contributed by atoms with Crippen molar-refractivity contribution in [3.63, 3.8) is 0 Å². The van der Waals surface area contributed by atoms with Gasteiger partial charge in [0.25, 0.3) is 0 Å². The molecule has 0 unspecified atom stereocenters. The van der Waals surface area contributed by atoms with E-state index in [4.69, 9.17) is 0 Å². The zero-order valence-corrected chi connectivity index (χ0v) is 19.3. The normalized spacial score (nSPS) is 13.8. The molecule has 2 heterocycles. The van der Waals surface area contributed by atoms with E-state index < -0.39 is 0 Å². The van der Waals surface area contributed by atoms with Gasteiger partial charge in [0.15, 0.2) is 4.34 Å². The molecule has 0 atom stereocenters. The van der Waals surface area contributed by atoms with Crippen molar-refractivity contribution >= 4 is 46.3 Å². The molecule has 0 aliphatic carbocycles. The number of benzene rings is 2. The first-order valence-electron chi connectivity index (χ1n) is 10.4. The van der Waals surface area contributed by atoms with E-state index in [0.29, 0.717) is 41.9 Å². The number of nitrogens with zero attached hydrogens (tertiary/aromatic N) is 3. The molecule has 1 aliphatic rings. The molecule has 2 aromatic carbocycles. The predicted octanol–water partition coefficient (Wildman–Crippen LogP) is 4.04. The van der Waals surface area contributed by atoms with E-state index in [2.05, 4.69) is 15.2 Å². The van der Waals surface area contributed by atoms with Crippen LogP contribution in [0, 0.1) is 11.6 Å². The van der Waals surface area contributed by atoms with Crippen molar-refractivity contribution in [2.75, 3.05) is 42.1 Å². The Labute approximate surface area is 198 Å². The fourth-order valence-electron chi connectivity index (χ4n) is 3.43. The number of hydrogen-bond acceptors (Lipinski definition) is 6. The van der Waals surface area contributed by atoms with E-state index in [0.717, 1.165) is 5.69 Å². The van der Waals surface area contributed by atoms with Gasteiger partial charge in [0.05, 0.1) is 17.9 Å². The smallest absolute Gasteiger partial charge is 0.234 e. The minimum atomic E-state index is -0.359. The lowest BCUT2D eigenvalue weighted by atomic mass is 10.2. The first kappa shape index (κ1) is 23.2. The molecule has 172 valence electrons. The van der Waals surface area contributed by atoms with Crippen molar-refractivity contribution in [1.29, 1.82) is 0 Å². The van der Waals surface area contributed by atoms with Crippen LogP contribution in [0.5, 0.6) is 0 Å². The first-order chi connectivity index (χ1) is 16.0. The van der Waals surface area contributed by atoms with Crippen molar-refractivity contribution in [2.45, 2.75) is 10.8 Å². The van der Waals surface area contributed by atoms with Crippen LogP contribution in [0.15, 0.2) is 58.3 Å². The summed E-state index contributed by atoms with van der Waals surface area (Å²) in [6, 6.07) is 12.0. The molecule has 3 aromatic rings. The van der Waals surface area contributed by atoms with E-state index in [1.807, 2.05) is 10.3 Å². The van der Waals surface area contributed by atoms with Gasteiger partial charge in [-0.25, -0.2) is 13.8 Å². The number of halogens is 2. The molecule has 10 heteroatoms. The maximum atomic E-state index is 13.1. The van der Waals surface area contributed by atoms with Crippen LogP contribution in [0.3, 0.4) is 0 Å². The number of thiazole rings is 1. The van der Waals surface area contributed by atoms with E-state index in [1.54, 1.807) is 12.1 Å². The first-order valence-corrected chi connectivity index (χ1v) is 12.2. The summed E-state index contributed by atoms with van der Waals surface area (Å²) in [5.41, 5.74) is 2.17. The number of piperazine rings is 1. The molecule has 1 aromatic heterocycles. The summed E-state index contributed by atoms with van der Waals surface area (Å²) in [6.07, 6.45) is 0.218. The third-order valence-corrected chi connectivity index (χ3v) is 7.21. The van der Waals surface area contributed by atoms with Crippen LogP contribution in [0.1, 0.15) is 5.69 Å². The number of rotatable bonds is 7. The Kier molecular flexibility index (Phi) is 7.56. The van der Waals surface area contributed by atoms with Crippen LogP contribution in [-0.2, 0) is 16.0 Å². The number of amides is 2. The Balaban J connectivity index is 1.21. The van der Waals surface area contributed by atoms with E-state index in [1.165, 1.54) is 59.5 Å². The fourth-order valence-corrected chi connectivity index (χ4v) is 5.07. The van der Waals surface area contributed by atoms with Gasteiger partial charge in [0.1, 0.15) is 11.6 Å². The Hall–Kier alpha value is -2.98. The van der Waals surface area contributed by atoms with Gasteiger partial charge in [-0.05, 0) is 48.5 Å². The van der Waals surface area contributed by atoms with E-state index in [9.17, 15) is 18.4 Å². The van der Waals surface area contributed by atoms with Crippen molar-refractivity contribution in [2.24, 2.45) is 0 Å². The number of carbonyl (C=O) groups excluding carboxylic acids is 2. The topological polar surface area (TPSA) is 65.5 Å². The Morgan fingerprint density at radius 2 is 1.61 bits per heavy atom. The average Bonchev–Trinajstić information content (AvgIpc) is 3.27. The van der Waals surface area contributed by atoms with Crippen molar-refractivity contribution < 1.29 is 18.4 Å². The zero-order valence-electron chi connectivity index (χ0n) is 17.7. The van der Waals surface area contributed by atoms with Gasteiger partial charge in [-0.3, -0.25) is 9.59 Å². The summed E-state index contributed by atoms with van der Waals surface area (Å²) in [7, 11) is 0. The molecule has 0 saturated carbocycles. The average molecular weight is 489 g/mol. The summed E-state index contributed by atoms with van der Waals surface area (Å²) >= 11 is 2.70. The van der Waals surface area contributed by atoms with Gasteiger partial charge >= 0.3 is 0 Å². The summed E-state index contributed by atoms with van der Waals surface area (Å²) in [6.45, 7) is 2.59. The number of hydrogen-bond donors (Lipinski definition) is 1. The van der Waals surface area contributed by atoms with Crippen molar-refractivity contribution in [1.82, 2.24) is 9.88 Å². The summed E-state index contributed by atoms with van der Waals surface area (Å²) in [5.74, 6) is -0.643. The second-order valence-corrected chi connectivity index (χ2v) is 9.55. The third kappa shape index (κ3) is 6.52. The maximum absolute atomic E-state index is 13.1. The van der Waals surface area contributed by atoms with Crippen LogP contribution in [0.2, 0.25) is 0 Å². The molecule has 1 saturated heterocycles. The standard InChI is InChI=1S/C23H22F2N4O2S2/c24-16-1-5-18(6-2-16)26-21(30)15-33-23-27-19(14-32-23)13-22(31)29-11-9-28(10-12-29)20-7-3-17(25)4-8-20/h1-8,14H,9-13,15H2,(H,26,30). The lowest BCUT2D eigenvalue weighted by Gasteiger charge is -2.36. The summed E-state index contributed by atoms with van der Waals surface area (Å²) in [4.78, 5) is 33.2. The van der Waals surface area contributed by atoms with Gasteiger partial charge in [-0.1, -0.05) is 11.8 Å². The number of thioether (sulfide) groups is 1. The lowest BCUT2D eigenvalue weighted by Crippen LogP contribution is -2.49. The molecule has 6 nitrogen and oxygen atoms in total. The molecule has 0 radical (unpaired) electrons. The Morgan fingerprint density at radius 3 is 2.27 bits per heavy atom. The van der Waals surface area contributed by atoms with Crippen LogP contribution in [0.25, 0.3) is 0 Å². The largest absolute Gasteiger partial charge is 0.368 e. The van der Waals surface area contributed by atoms with Gasteiger partial charge in [-0.2, -0.15) is 0 Å². The minimum Gasteiger partial charge on any atom is -0.368 e. The predicted molar refractivity (Wildman–Crippen MR) is 127 cm³/mol. The van der Waals surface area contributed by atoms with Crippen LogP contribution < -0.4 is 10.2 Å². The molecule has 1 aliphatic heterocycles. The van der Waals surface area contributed by atoms with Crippen LogP contribution in [0.4, 0.5) is 20.2 Å². The molecule has 4 rings (SSSR count). The highest BCUT2D eigenvalue weighted by molar-refractivity contribution is 8.01. The van der Waals surface area contributed by atoms with Crippen LogP contribution in [-0.4, -0.2) is 53.6 Å². The summed E-state index contributed by atoms with van der Waals surface area (Å²) < 4.78 is 26.8. The quantitative estimate of drug-likeness (QED) is 0.509. The van der Waals surface area contributed by atoms with Crippen molar-refractivity contribution in [3.8, 4) is 0 Å². The molecule has 33 heavy (non-hydrogen) atoms. The zero-order chi connectivity index (χ0) is 23.2. The number of nitrogens with one attached hydrogen (secondary N) is 1. The van der Waals surface area contributed by atoms with Crippen LogP contribution >= 0.6 is 23.1 Å². The van der Waals surface area contributed by atoms with Gasteiger partial charge in [0.2, 0.25) is 11.8 Å². The highest BCUT2D eigenvalue weighted by Gasteiger charge is 2.22. The number of carbonyl (C=O) groups is 2. The Morgan fingerprint density at radius 1 is 0.970 bits per heavy atom. The molecule has 2 amide bonds. The van der Waals surface area contributed by atoms with E-state index >= 15 is 0 Å².